The molecule has 0 aromatic carbocycles. The molecule has 1 aliphatic carbocycles. The first-order valence-electron chi connectivity index (χ1n) is 5.77. The van der Waals surface area contributed by atoms with Crippen molar-refractivity contribution in [1.29, 1.82) is 5.26 Å². The van der Waals surface area contributed by atoms with Crippen molar-refractivity contribution in [2.45, 2.75) is 32.4 Å². The smallest absolute Gasteiger partial charge is 0.147 e. The fraction of sp³-hybridized carbons (Fsp3) is 0.727. The van der Waals surface area contributed by atoms with Crippen LogP contribution in [0.4, 0.5) is 0 Å². The molecule has 84 valence electrons. The predicted molar refractivity (Wildman–Crippen MR) is 57.2 cm³/mol. The van der Waals surface area contributed by atoms with Crippen molar-refractivity contribution in [3.05, 3.63) is 12.2 Å². The van der Waals surface area contributed by atoms with Gasteiger partial charge in [-0.2, -0.15) is 5.26 Å². The van der Waals surface area contributed by atoms with Crippen molar-refractivity contribution in [3.8, 4) is 6.07 Å². The van der Waals surface area contributed by atoms with Crippen molar-refractivity contribution >= 4 is 0 Å². The summed E-state index contributed by atoms with van der Waals surface area (Å²) in [6.45, 7) is 3.96. The maximum atomic E-state index is 8.80. The second kappa shape index (κ2) is 3.56. The highest BCUT2D eigenvalue weighted by atomic mass is 15.3. The average Bonchev–Trinajstić information content (AvgIpc) is 2.87. The lowest BCUT2D eigenvalue weighted by Gasteiger charge is -2.29. The summed E-state index contributed by atoms with van der Waals surface area (Å²) >= 11 is 0. The van der Waals surface area contributed by atoms with Gasteiger partial charge in [-0.25, -0.2) is 0 Å². The van der Waals surface area contributed by atoms with Gasteiger partial charge in [0.05, 0.1) is 12.6 Å². The molecule has 0 bridgehead atoms. The molecule has 0 amide bonds. The van der Waals surface area contributed by atoms with Gasteiger partial charge in [-0.3, -0.25) is 4.90 Å². The number of rotatable bonds is 3. The molecule has 2 heterocycles. The Labute approximate surface area is 94.7 Å². The van der Waals surface area contributed by atoms with Crippen LogP contribution in [-0.4, -0.2) is 32.8 Å². The van der Waals surface area contributed by atoms with Gasteiger partial charge in [-0.1, -0.05) is 0 Å². The fourth-order valence-electron chi connectivity index (χ4n) is 2.46. The van der Waals surface area contributed by atoms with E-state index in [1.807, 2.05) is 0 Å². The maximum absolute atomic E-state index is 8.80. The Morgan fingerprint density at radius 1 is 1.44 bits per heavy atom. The van der Waals surface area contributed by atoms with Gasteiger partial charge in [0.1, 0.15) is 12.2 Å². The van der Waals surface area contributed by atoms with E-state index in [1.165, 1.54) is 12.8 Å². The average molecular weight is 217 g/mol. The fourth-order valence-corrected chi connectivity index (χ4v) is 2.46. The molecule has 16 heavy (non-hydrogen) atoms. The second-order valence-corrected chi connectivity index (χ2v) is 4.99. The van der Waals surface area contributed by atoms with E-state index in [2.05, 4.69) is 25.7 Å². The van der Waals surface area contributed by atoms with Crippen LogP contribution in [0.5, 0.6) is 0 Å². The van der Waals surface area contributed by atoms with Crippen LogP contribution in [-0.2, 0) is 13.1 Å². The zero-order chi connectivity index (χ0) is 11.0. The van der Waals surface area contributed by atoms with Gasteiger partial charge >= 0.3 is 0 Å². The predicted octanol–water partition coefficient (Wildman–Crippen LogP) is 0.788. The number of nitriles is 1. The van der Waals surface area contributed by atoms with E-state index < -0.39 is 0 Å². The van der Waals surface area contributed by atoms with Crippen LogP contribution in [0.15, 0.2) is 6.33 Å². The van der Waals surface area contributed by atoms with Crippen LogP contribution in [0.1, 0.15) is 25.1 Å². The van der Waals surface area contributed by atoms with Crippen molar-refractivity contribution in [2.24, 2.45) is 5.41 Å². The Morgan fingerprint density at radius 3 is 3.06 bits per heavy atom. The number of hydrogen-bond acceptors (Lipinski definition) is 4. The molecular weight excluding hydrogens is 202 g/mol. The highest BCUT2D eigenvalue weighted by Crippen LogP contribution is 2.49. The summed E-state index contributed by atoms with van der Waals surface area (Å²) in [7, 11) is 0. The summed E-state index contributed by atoms with van der Waals surface area (Å²) in [6.07, 6.45) is 4.93. The Kier molecular flexibility index (Phi) is 2.18. The summed E-state index contributed by atoms with van der Waals surface area (Å²) < 4.78 is 2.11. The first-order chi connectivity index (χ1) is 7.81. The lowest BCUT2D eigenvalue weighted by molar-refractivity contribution is 0.177. The normalized spacial score (nSPS) is 22.4. The van der Waals surface area contributed by atoms with Gasteiger partial charge in [0.15, 0.2) is 0 Å². The quantitative estimate of drug-likeness (QED) is 0.751. The molecule has 0 atom stereocenters. The minimum absolute atomic E-state index is 0.303. The molecule has 1 aliphatic heterocycles. The molecular formula is C11H15N5. The van der Waals surface area contributed by atoms with Crippen molar-refractivity contribution in [1.82, 2.24) is 19.7 Å². The zero-order valence-corrected chi connectivity index (χ0v) is 9.26. The molecule has 5 nitrogen and oxygen atoms in total. The van der Waals surface area contributed by atoms with Crippen molar-refractivity contribution in [3.63, 3.8) is 0 Å². The molecule has 2 aliphatic rings. The third kappa shape index (κ3) is 1.69. The molecule has 5 heteroatoms. The molecule has 3 rings (SSSR count). The van der Waals surface area contributed by atoms with Gasteiger partial charge in [-0.15, -0.1) is 10.2 Å². The van der Waals surface area contributed by atoms with E-state index >= 15 is 0 Å². The second-order valence-electron chi connectivity index (χ2n) is 4.99. The topological polar surface area (TPSA) is 57.7 Å². The first-order valence-corrected chi connectivity index (χ1v) is 5.77. The lowest BCUT2D eigenvalue weighted by Crippen LogP contribution is -2.37. The highest BCUT2D eigenvalue weighted by molar-refractivity contribution is 5.02. The number of fused-ring (bicyclic) bond motifs is 1. The van der Waals surface area contributed by atoms with E-state index in [1.54, 1.807) is 6.33 Å². The molecule has 1 aromatic heterocycles. The van der Waals surface area contributed by atoms with Gasteiger partial charge in [-0.05, 0) is 18.3 Å². The lowest BCUT2D eigenvalue weighted by atomic mass is 10.0. The molecule has 0 unspecified atom stereocenters. The number of aromatic nitrogens is 3. The van der Waals surface area contributed by atoms with Crippen molar-refractivity contribution < 1.29 is 0 Å². The Morgan fingerprint density at radius 2 is 2.31 bits per heavy atom. The largest absolute Gasteiger partial charge is 0.315 e. The van der Waals surface area contributed by atoms with Gasteiger partial charge in [0.25, 0.3) is 0 Å². The summed E-state index contributed by atoms with van der Waals surface area (Å²) in [6, 6.07) is 2.31. The summed E-state index contributed by atoms with van der Waals surface area (Å²) in [5.74, 6) is 1.05. The molecule has 0 spiro atoms. The van der Waals surface area contributed by atoms with Gasteiger partial charge in [0.2, 0.25) is 0 Å². The molecule has 0 N–H and O–H groups in total. The Hall–Kier alpha value is -1.41. The van der Waals surface area contributed by atoms with Crippen molar-refractivity contribution in [2.75, 3.05) is 13.1 Å². The Bertz CT molecular complexity index is 426. The van der Waals surface area contributed by atoms with Crippen LogP contribution in [0.25, 0.3) is 0 Å². The molecule has 1 saturated carbocycles. The van der Waals surface area contributed by atoms with E-state index in [0.29, 0.717) is 11.8 Å². The summed E-state index contributed by atoms with van der Waals surface area (Å²) in [4.78, 5) is 2.41. The minimum Gasteiger partial charge on any atom is -0.315 e. The number of nitrogens with zero attached hydrogens (tertiary/aromatic N) is 5. The van der Waals surface area contributed by atoms with Crippen LogP contribution >= 0.6 is 0 Å². The van der Waals surface area contributed by atoms with E-state index in [0.717, 1.165) is 32.0 Å². The van der Waals surface area contributed by atoms with E-state index in [9.17, 15) is 0 Å². The van der Waals surface area contributed by atoms with E-state index in [4.69, 9.17) is 5.26 Å². The third-order valence-electron chi connectivity index (χ3n) is 3.69. The van der Waals surface area contributed by atoms with Gasteiger partial charge in [0, 0.05) is 26.1 Å². The molecule has 1 aromatic rings. The van der Waals surface area contributed by atoms with Crippen LogP contribution in [0.3, 0.4) is 0 Å². The van der Waals surface area contributed by atoms with E-state index in [-0.39, 0.29) is 0 Å². The molecule has 0 saturated heterocycles. The summed E-state index contributed by atoms with van der Waals surface area (Å²) in [5, 5.41) is 16.8. The minimum atomic E-state index is 0.303. The monoisotopic (exact) mass is 217 g/mol. The summed E-state index contributed by atoms with van der Waals surface area (Å²) in [5.41, 5.74) is 0.303. The standard InChI is InChI=1S/C11H15N5/c12-4-3-11(1-2-11)8-15-5-6-16-9-13-14-10(16)7-15/h9H,1-3,5-8H2. The molecule has 0 radical (unpaired) electrons. The van der Waals surface area contributed by atoms with Gasteiger partial charge < -0.3 is 4.57 Å². The third-order valence-corrected chi connectivity index (χ3v) is 3.69. The van der Waals surface area contributed by atoms with Crippen LogP contribution < -0.4 is 0 Å². The van der Waals surface area contributed by atoms with Crippen LogP contribution in [0, 0.1) is 16.7 Å². The first kappa shape index (κ1) is 9.79. The highest BCUT2D eigenvalue weighted by Gasteiger charge is 2.44. The SMILES string of the molecule is N#CCC1(CN2CCn3cnnc3C2)CC1. The maximum Gasteiger partial charge on any atom is 0.147 e. The Balaban J connectivity index is 1.65. The van der Waals surface area contributed by atoms with Crippen LogP contribution in [0.2, 0.25) is 0 Å². The number of hydrogen-bond donors (Lipinski definition) is 0. The molecule has 1 fully saturated rings. The zero-order valence-electron chi connectivity index (χ0n) is 9.26.